The van der Waals surface area contributed by atoms with E-state index in [1.54, 1.807) is 0 Å². The molecule has 28 heavy (non-hydrogen) atoms. The lowest BCUT2D eigenvalue weighted by Crippen LogP contribution is -2.42. The van der Waals surface area contributed by atoms with Gasteiger partial charge in [-0.05, 0) is 54.4 Å². The lowest BCUT2D eigenvalue weighted by Gasteiger charge is -2.35. The zero-order chi connectivity index (χ0) is 19.9. The molecule has 2 aromatic carbocycles. The predicted molar refractivity (Wildman–Crippen MR) is 111 cm³/mol. The van der Waals surface area contributed by atoms with Crippen LogP contribution in [-0.2, 0) is 17.8 Å². The van der Waals surface area contributed by atoms with Crippen molar-refractivity contribution >= 4 is 5.91 Å². The number of fused-ring (bicyclic) bond motifs is 1. The van der Waals surface area contributed by atoms with Gasteiger partial charge in [0.1, 0.15) is 18.4 Å². The van der Waals surface area contributed by atoms with E-state index in [9.17, 15) is 4.79 Å². The van der Waals surface area contributed by atoms with Crippen LogP contribution < -0.4 is 10.5 Å². The first-order chi connectivity index (χ1) is 13.6. The average Bonchev–Trinajstić information content (AvgIpc) is 2.72. The van der Waals surface area contributed by atoms with Crippen molar-refractivity contribution in [1.29, 1.82) is 0 Å². The van der Waals surface area contributed by atoms with Crippen LogP contribution in [0.3, 0.4) is 0 Å². The van der Waals surface area contributed by atoms with Gasteiger partial charge in [-0.2, -0.15) is 0 Å². The summed E-state index contributed by atoms with van der Waals surface area (Å²) < 4.78 is 5.86. The fourth-order valence-corrected chi connectivity index (χ4v) is 3.81. The zero-order valence-electron chi connectivity index (χ0n) is 16.9. The van der Waals surface area contributed by atoms with Gasteiger partial charge in [0, 0.05) is 19.6 Å². The molecule has 0 aliphatic carbocycles. The van der Waals surface area contributed by atoms with Crippen molar-refractivity contribution in [2.45, 2.75) is 32.9 Å². The number of primary amides is 1. The van der Waals surface area contributed by atoms with E-state index in [0.29, 0.717) is 13.2 Å². The summed E-state index contributed by atoms with van der Waals surface area (Å²) >= 11 is 0. The predicted octanol–water partition coefficient (Wildman–Crippen LogP) is 2.79. The van der Waals surface area contributed by atoms with Crippen LogP contribution in [0.5, 0.6) is 5.75 Å². The van der Waals surface area contributed by atoms with Gasteiger partial charge in [0.25, 0.3) is 0 Å². The molecule has 0 spiro atoms. The summed E-state index contributed by atoms with van der Waals surface area (Å²) in [6.07, 6.45) is 0.906. The highest BCUT2D eigenvalue weighted by molar-refractivity contribution is 5.82. The Morgan fingerprint density at radius 1 is 1.25 bits per heavy atom. The summed E-state index contributed by atoms with van der Waals surface area (Å²) in [6, 6.07) is 16.6. The van der Waals surface area contributed by atoms with E-state index in [2.05, 4.69) is 41.8 Å². The van der Waals surface area contributed by atoms with Crippen LogP contribution in [0, 0.1) is 6.07 Å². The van der Waals surface area contributed by atoms with Crippen LogP contribution in [0.25, 0.3) is 0 Å². The second kappa shape index (κ2) is 9.71. The zero-order valence-corrected chi connectivity index (χ0v) is 16.9. The first kappa shape index (κ1) is 20.4. The van der Waals surface area contributed by atoms with Gasteiger partial charge in [-0.15, -0.1) is 0 Å². The van der Waals surface area contributed by atoms with Gasteiger partial charge in [0.15, 0.2) is 0 Å². The van der Waals surface area contributed by atoms with Crippen molar-refractivity contribution in [2.75, 3.05) is 32.8 Å². The highest BCUT2D eigenvalue weighted by Gasteiger charge is 2.31. The minimum atomic E-state index is -0.386. The molecule has 3 rings (SSSR count). The van der Waals surface area contributed by atoms with Crippen molar-refractivity contribution in [3.05, 3.63) is 65.2 Å². The first-order valence-electron chi connectivity index (χ1n) is 10.1. The number of nitrogens with zero attached hydrogens (tertiary/aromatic N) is 2. The first-order valence-corrected chi connectivity index (χ1v) is 10.1. The normalized spacial score (nSPS) is 16.8. The fourth-order valence-electron chi connectivity index (χ4n) is 3.81. The molecule has 1 aliphatic rings. The molecular weight excluding hydrogens is 350 g/mol. The molecule has 1 radical (unpaired) electrons. The number of carbonyl (C=O) groups is 1. The van der Waals surface area contributed by atoms with Crippen LogP contribution in [0.2, 0.25) is 0 Å². The molecule has 1 amide bonds. The van der Waals surface area contributed by atoms with Crippen molar-refractivity contribution in [3.8, 4) is 5.75 Å². The SMILES string of the molecule is CCN(CC)CCOc1ccc(CN2CCc3c[c]ccc3C2C(N)=O)cc1. The summed E-state index contributed by atoms with van der Waals surface area (Å²) in [4.78, 5) is 16.6. The third-order valence-corrected chi connectivity index (χ3v) is 5.46. The summed E-state index contributed by atoms with van der Waals surface area (Å²) in [5, 5.41) is 0. The highest BCUT2D eigenvalue weighted by atomic mass is 16.5. The quantitative estimate of drug-likeness (QED) is 0.727. The number of benzene rings is 2. The maximum Gasteiger partial charge on any atom is 0.239 e. The van der Waals surface area contributed by atoms with Gasteiger partial charge in [0.05, 0.1) is 0 Å². The molecule has 5 nitrogen and oxygen atoms in total. The van der Waals surface area contributed by atoms with Gasteiger partial charge < -0.3 is 15.4 Å². The van der Waals surface area contributed by atoms with E-state index in [0.717, 1.165) is 49.5 Å². The van der Waals surface area contributed by atoms with Gasteiger partial charge in [0.2, 0.25) is 5.91 Å². The Morgan fingerprint density at radius 2 is 2.00 bits per heavy atom. The van der Waals surface area contributed by atoms with E-state index in [4.69, 9.17) is 10.5 Å². The molecule has 2 N–H and O–H groups in total. The van der Waals surface area contributed by atoms with Gasteiger partial charge in [-0.25, -0.2) is 0 Å². The van der Waals surface area contributed by atoms with E-state index >= 15 is 0 Å². The van der Waals surface area contributed by atoms with Gasteiger partial charge in [-0.3, -0.25) is 9.69 Å². The topological polar surface area (TPSA) is 58.8 Å². The monoisotopic (exact) mass is 380 g/mol. The summed E-state index contributed by atoms with van der Waals surface area (Å²) in [5.74, 6) is 0.574. The molecule has 149 valence electrons. The van der Waals surface area contributed by atoms with Crippen molar-refractivity contribution < 1.29 is 9.53 Å². The maximum absolute atomic E-state index is 12.1. The average molecular weight is 381 g/mol. The summed E-state index contributed by atoms with van der Waals surface area (Å²) in [6.45, 7) is 9.51. The van der Waals surface area contributed by atoms with Crippen LogP contribution >= 0.6 is 0 Å². The molecule has 0 fully saturated rings. The molecule has 0 saturated carbocycles. The number of ether oxygens (including phenoxy) is 1. The Kier molecular flexibility index (Phi) is 7.06. The molecule has 0 aromatic heterocycles. The minimum absolute atomic E-state index is 0.302. The standard InChI is InChI=1S/C23H30N3O2/c1-3-25(4-2)15-16-28-20-11-9-18(10-12-20)17-26-14-13-19-7-5-6-8-21(19)22(26)23(24)27/h6-12,22H,3-4,13-17H2,1-2H3,(H2,24,27). The number of rotatable bonds is 9. The van der Waals surface area contributed by atoms with Crippen molar-refractivity contribution in [3.63, 3.8) is 0 Å². The molecule has 1 atom stereocenters. The van der Waals surface area contributed by atoms with E-state index in [1.807, 2.05) is 30.3 Å². The second-order valence-corrected chi connectivity index (χ2v) is 7.17. The van der Waals surface area contributed by atoms with Crippen LogP contribution in [0.1, 0.15) is 36.6 Å². The molecule has 1 unspecified atom stereocenters. The third kappa shape index (κ3) is 4.91. The van der Waals surface area contributed by atoms with Crippen LogP contribution in [0.15, 0.2) is 42.5 Å². The Labute approximate surface area is 168 Å². The number of amides is 1. The molecule has 2 aromatic rings. The van der Waals surface area contributed by atoms with Crippen molar-refractivity contribution in [1.82, 2.24) is 9.80 Å². The Morgan fingerprint density at radius 3 is 2.68 bits per heavy atom. The van der Waals surface area contributed by atoms with E-state index in [-0.39, 0.29) is 11.9 Å². The van der Waals surface area contributed by atoms with Crippen molar-refractivity contribution in [2.24, 2.45) is 5.73 Å². The van der Waals surface area contributed by atoms with E-state index < -0.39 is 0 Å². The Hall–Kier alpha value is -2.37. The minimum Gasteiger partial charge on any atom is -0.492 e. The smallest absolute Gasteiger partial charge is 0.239 e. The third-order valence-electron chi connectivity index (χ3n) is 5.46. The van der Waals surface area contributed by atoms with E-state index in [1.165, 1.54) is 5.56 Å². The van der Waals surface area contributed by atoms with Crippen LogP contribution in [-0.4, -0.2) is 48.5 Å². The molecule has 0 bridgehead atoms. The van der Waals surface area contributed by atoms with Gasteiger partial charge >= 0.3 is 0 Å². The Balaban J connectivity index is 1.61. The number of nitrogens with two attached hydrogens (primary N) is 1. The lowest BCUT2D eigenvalue weighted by molar-refractivity contribution is -0.124. The maximum atomic E-state index is 12.1. The number of carbonyl (C=O) groups excluding carboxylic acids is 1. The summed E-state index contributed by atoms with van der Waals surface area (Å²) in [7, 11) is 0. The fraction of sp³-hybridized carbons (Fsp3) is 0.435. The molecule has 1 aliphatic heterocycles. The number of hydrogen-bond acceptors (Lipinski definition) is 4. The van der Waals surface area contributed by atoms with Gasteiger partial charge in [-0.1, -0.05) is 44.2 Å². The lowest BCUT2D eigenvalue weighted by atomic mass is 9.92. The van der Waals surface area contributed by atoms with Crippen LogP contribution in [0.4, 0.5) is 0 Å². The Bertz CT molecular complexity index is 772. The largest absolute Gasteiger partial charge is 0.492 e. The molecule has 0 saturated heterocycles. The number of likely N-dealkylation sites (N-methyl/N-ethyl adjacent to an activating group) is 1. The highest BCUT2D eigenvalue weighted by Crippen LogP contribution is 2.30. The molecule has 1 heterocycles. The second-order valence-electron chi connectivity index (χ2n) is 7.17. The molecular formula is C23H30N3O2. The number of hydrogen-bond donors (Lipinski definition) is 1. The summed E-state index contributed by atoms with van der Waals surface area (Å²) in [5.41, 5.74) is 9.06. The molecule has 5 heteroatoms.